The summed E-state index contributed by atoms with van der Waals surface area (Å²) in [6.45, 7) is 8.64. The molecule has 0 atom stereocenters. The molecule has 1 heterocycles. The molecule has 1 fully saturated rings. The molecular formula is C15H22N2O2. The molecule has 0 aliphatic carbocycles. The number of nitrogens with two attached hydrogens (primary N) is 1. The van der Waals surface area contributed by atoms with Gasteiger partial charge in [-0.05, 0) is 38.8 Å². The van der Waals surface area contributed by atoms with Crippen LogP contribution in [0, 0.1) is 6.92 Å². The number of ether oxygens (including phenoxy) is 1. The molecule has 19 heavy (non-hydrogen) atoms. The largest absolute Gasteiger partial charge is 0.444 e. The lowest BCUT2D eigenvalue weighted by Gasteiger charge is -2.48. The highest BCUT2D eigenvalue weighted by molar-refractivity contribution is 5.70. The molecule has 1 aromatic carbocycles. The summed E-state index contributed by atoms with van der Waals surface area (Å²) in [7, 11) is 0. The molecule has 104 valence electrons. The molecule has 1 amide bonds. The van der Waals surface area contributed by atoms with Crippen LogP contribution in [0.15, 0.2) is 24.3 Å². The predicted octanol–water partition coefficient (Wildman–Crippen LogP) is 2.40. The highest BCUT2D eigenvalue weighted by Crippen LogP contribution is 2.32. The van der Waals surface area contributed by atoms with E-state index in [1.807, 2.05) is 52.0 Å². The first-order chi connectivity index (χ1) is 8.71. The molecule has 0 saturated carbocycles. The molecule has 2 N–H and O–H groups in total. The Labute approximate surface area is 114 Å². The number of amides is 1. The van der Waals surface area contributed by atoms with E-state index in [2.05, 4.69) is 0 Å². The second kappa shape index (κ2) is 4.53. The fourth-order valence-corrected chi connectivity index (χ4v) is 2.39. The Bertz CT molecular complexity index is 485. The van der Waals surface area contributed by atoms with E-state index >= 15 is 0 Å². The van der Waals surface area contributed by atoms with Gasteiger partial charge in [-0.3, -0.25) is 0 Å². The maximum absolute atomic E-state index is 11.9. The Morgan fingerprint density at radius 3 is 2.42 bits per heavy atom. The molecular weight excluding hydrogens is 240 g/mol. The van der Waals surface area contributed by atoms with E-state index in [9.17, 15) is 4.79 Å². The molecule has 0 radical (unpaired) electrons. The number of nitrogens with zero attached hydrogens (tertiary/aromatic N) is 1. The van der Waals surface area contributed by atoms with Gasteiger partial charge in [0.1, 0.15) is 5.60 Å². The van der Waals surface area contributed by atoms with Gasteiger partial charge in [-0.15, -0.1) is 0 Å². The van der Waals surface area contributed by atoms with Crippen molar-refractivity contribution in [2.75, 3.05) is 13.1 Å². The molecule has 1 aliphatic rings. The van der Waals surface area contributed by atoms with Crippen molar-refractivity contribution in [3.63, 3.8) is 0 Å². The zero-order valence-electron chi connectivity index (χ0n) is 12.1. The topological polar surface area (TPSA) is 55.6 Å². The van der Waals surface area contributed by atoms with Crippen molar-refractivity contribution in [1.82, 2.24) is 4.90 Å². The zero-order valence-corrected chi connectivity index (χ0v) is 12.1. The SMILES string of the molecule is Cc1ccccc1C1(N)CN(C(=O)OC(C)(C)C)C1. The third-order valence-electron chi connectivity index (χ3n) is 3.28. The quantitative estimate of drug-likeness (QED) is 0.845. The summed E-state index contributed by atoms with van der Waals surface area (Å²) >= 11 is 0. The number of aryl methyl sites for hydroxylation is 1. The molecule has 2 rings (SSSR count). The molecule has 1 saturated heterocycles. The molecule has 0 spiro atoms. The van der Waals surface area contributed by atoms with E-state index in [1.165, 1.54) is 0 Å². The maximum Gasteiger partial charge on any atom is 0.410 e. The zero-order chi connectivity index (χ0) is 14.3. The number of likely N-dealkylation sites (tertiary alicyclic amines) is 1. The van der Waals surface area contributed by atoms with E-state index in [4.69, 9.17) is 10.5 Å². The van der Waals surface area contributed by atoms with E-state index in [0.29, 0.717) is 13.1 Å². The lowest BCUT2D eigenvalue weighted by molar-refractivity contribution is -0.00900. The maximum atomic E-state index is 11.9. The minimum Gasteiger partial charge on any atom is -0.444 e. The van der Waals surface area contributed by atoms with Gasteiger partial charge >= 0.3 is 6.09 Å². The summed E-state index contributed by atoms with van der Waals surface area (Å²) in [5.74, 6) is 0. The van der Waals surface area contributed by atoms with Gasteiger partial charge in [0.2, 0.25) is 0 Å². The van der Waals surface area contributed by atoms with E-state index in [1.54, 1.807) is 4.90 Å². The first-order valence-electron chi connectivity index (χ1n) is 6.54. The number of hydrogen-bond acceptors (Lipinski definition) is 3. The summed E-state index contributed by atoms with van der Waals surface area (Å²) in [5.41, 5.74) is 7.73. The summed E-state index contributed by atoms with van der Waals surface area (Å²) in [5, 5.41) is 0. The summed E-state index contributed by atoms with van der Waals surface area (Å²) < 4.78 is 5.33. The van der Waals surface area contributed by atoms with Gasteiger partial charge in [-0.1, -0.05) is 24.3 Å². The molecule has 1 aromatic rings. The van der Waals surface area contributed by atoms with Crippen LogP contribution in [0.4, 0.5) is 4.79 Å². The molecule has 1 aliphatic heterocycles. The minimum atomic E-state index is -0.466. The number of rotatable bonds is 1. The van der Waals surface area contributed by atoms with Crippen molar-refractivity contribution in [3.05, 3.63) is 35.4 Å². The van der Waals surface area contributed by atoms with Gasteiger partial charge in [0.15, 0.2) is 0 Å². The number of hydrogen-bond donors (Lipinski definition) is 1. The molecule has 0 unspecified atom stereocenters. The van der Waals surface area contributed by atoms with Gasteiger partial charge in [0, 0.05) is 13.1 Å². The highest BCUT2D eigenvalue weighted by atomic mass is 16.6. The van der Waals surface area contributed by atoms with Gasteiger partial charge in [0.25, 0.3) is 0 Å². The van der Waals surface area contributed by atoms with Crippen molar-refractivity contribution < 1.29 is 9.53 Å². The van der Waals surface area contributed by atoms with Crippen LogP contribution in [-0.4, -0.2) is 29.7 Å². The molecule has 4 nitrogen and oxygen atoms in total. The number of carbonyl (C=O) groups is 1. The van der Waals surface area contributed by atoms with Crippen molar-refractivity contribution in [2.45, 2.75) is 38.8 Å². The van der Waals surface area contributed by atoms with Crippen molar-refractivity contribution in [1.29, 1.82) is 0 Å². The predicted molar refractivity (Wildman–Crippen MR) is 74.9 cm³/mol. The minimum absolute atomic E-state index is 0.290. The number of benzene rings is 1. The van der Waals surface area contributed by atoms with E-state index in [-0.39, 0.29) is 6.09 Å². The van der Waals surface area contributed by atoms with Crippen LogP contribution in [0.1, 0.15) is 31.9 Å². The third kappa shape index (κ3) is 2.89. The van der Waals surface area contributed by atoms with Gasteiger partial charge in [-0.2, -0.15) is 0 Å². The van der Waals surface area contributed by atoms with Crippen molar-refractivity contribution >= 4 is 6.09 Å². The Balaban J connectivity index is 2.02. The van der Waals surface area contributed by atoms with Gasteiger partial charge in [-0.25, -0.2) is 4.79 Å². The van der Waals surface area contributed by atoms with Crippen molar-refractivity contribution in [3.8, 4) is 0 Å². The summed E-state index contributed by atoms with van der Waals surface area (Å²) in [6, 6.07) is 8.04. The van der Waals surface area contributed by atoms with Crippen LogP contribution in [0.5, 0.6) is 0 Å². The van der Waals surface area contributed by atoms with Crippen LogP contribution in [0.25, 0.3) is 0 Å². The summed E-state index contributed by atoms with van der Waals surface area (Å²) in [4.78, 5) is 13.5. The normalized spacial score (nSPS) is 17.8. The average molecular weight is 262 g/mol. The molecule has 0 bridgehead atoms. The smallest absolute Gasteiger partial charge is 0.410 e. The first-order valence-corrected chi connectivity index (χ1v) is 6.54. The monoisotopic (exact) mass is 262 g/mol. The third-order valence-corrected chi connectivity index (χ3v) is 3.28. The second-order valence-corrected chi connectivity index (χ2v) is 6.31. The first kappa shape index (κ1) is 13.9. The fourth-order valence-electron chi connectivity index (χ4n) is 2.39. The Morgan fingerprint density at radius 1 is 1.32 bits per heavy atom. The van der Waals surface area contributed by atoms with Gasteiger partial charge in [0.05, 0.1) is 5.54 Å². The molecule has 4 heteroatoms. The van der Waals surface area contributed by atoms with Crippen molar-refractivity contribution in [2.24, 2.45) is 5.73 Å². The van der Waals surface area contributed by atoms with E-state index < -0.39 is 11.1 Å². The Morgan fingerprint density at radius 2 is 1.89 bits per heavy atom. The molecule has 0 aromatic heterocycles. The lowest BCUT2D eigenvalue weighted by Crippen LogP contribution is -2.66. The van der Waals surface area contributed by atoms with Crippen LogP contribution in [0.3, 0.4) is 0 Å². The Hall–Kier alpha value is -1.55. The Kier molecular flexibility index (Phi) is 3.31. The lowest BCUT2D eigenvalue weighted by atomic mass is 9.81. The van der Waals surface area contributed by atoms with Crippen LogP contribution in [-0.2, 0) is 10.3 Å². The van der Waals surface area contributed by atoms with Crippen LogP contribution < -0.4 is 5.73 Å². The van der Waals surface area contributed by atoms with Gasteiger partial charge < -0.3 is 15.4 Å². The fraction of sp³-hybridized carbons (Fsp3) is 0.533. The number of carbonyl (C=O) groups excluding carboxylic acids is 1. The van der Waals surface area contributed by atoms with E-state index in [0.717, 1.165) is 11.1 Å². The van der Waals surface area contributed by atoms with Crippen LogP contribution in [0.2, 0.25) is 0 Å². The van der Waals surface area contributed by atoms with Crippen LogP contribution >= 0.6 is 0 Å². The average Bonchev–Trinajstić information content (AvgIpc) is 2.23. The second-order valence-electron chi connectivity index (χ2n) is 6.31. The highest BCUT2D eigenvalue weighted by Gasteiger charge is 2.45. The summed E-state index contributed by atoms with van der Waals surface area (Å²) in [6.07, 6.45) is -0.290. The standard InChI is InChI=1S/C15H22N2O2/c1-11-7-5-6-8-12(11)15(16)9-17(10-15)13(18)19-14(2,3)4/h5-8H,9-10,16H2,1-4H3.